The zero-order valence-electron chi connectivity index (χ0n) is 8.69. The van der Waals surface area contributed by atoms with Gasteiger partial charge in [0.25, 0.3) is 0 Å². The van der Waals surface area contributed by atoms with Gasteiger partial charge in [0.1, 0.15) is 17.3 Å². The fraction of sp³-hybridized carbons (Fsp3) is 0.300. The Labute approximate surface area is 107 Å². The summed E-state index contributed by atoms with van der Waals surface area (Å²) < 4.78 is 2.60. The minimum absolute atomic E-state index is 0.404. The number of aryl methyl sites for hydroxylation is 1. The highest BCUT2D eigenvalue weighted by Crippen LogP contribution is 2.25. The summed E-state index contributed by atoms with van der Waals surface area (Å²) in [5, 5.41) is 0.404. The molecule has 0 aliphatic carbocycles. The van der Waals surface area contributed by atoms with Crippen LogP contribution in [0.5, 0.6) is 0 Å². The Morgan fingerprint density at radius 3 is 2.94 bits per heavy atom. The maximum Gasteiger partial charge on any atom is 0.157 e. The molecular weight excluding hydrogens is 291 g/mol. The smallest absolute Gasteiger partial charge is 0.157 e. The maximum absolute atomic E-state index is 5.93. The number of imidazole rings is 1. The summed E-state index contributed by atoms with van der Waals surface area (Å²) in [5.74, 6) is 1.69. The van der Waals surface area contributed by atoms with E-state index in [1.165, 1.54) is 6.33 Å². The molecule has 2 aromatic rings. The fourth-order valence-electron chi connectivity index (χ4n) is 1.44. The largest absolute Gasteiger partial charge is 0.287 e. The minimum atomic E-state index is 0.404. The molecule has 6 heteroatoms. The first kappa shape index (κ1) is 11.5. The van der Waals surface area contributed by atoms with Gasteiger partial charge in [-0.1, -0.05) is 18.5 Å². The molecule has 0 atom stereocenters. The van der Waals surface area contributed by atoms with Crippen molar-refractivity contribution in [3.63, 3.8) is 0 Å². The molecule has 16 heavy (non-hydrogen) atoms. The van der Waals surface area contributed by atoms with E-state index in [1.807, 2.05) is 10.8 Å². The monoisotopic (exact) mass is 300 g/mol. The van der Waals surface area contributed by atoms with Gasteiger partial charge in [-0.15, -0.1) is 0 Å². The quantitative estimate of drug-likeness (QED) is 0.819. The molecule has 0 saturated carbocycles. The third kappa shape index (κ3) is 2.10. The summed E-state index contributed by atoms with van der Waals surface area (Å²) in [7, 11) is 0. The average molecular weight is 302 g/mol. The van der Waals surface area contributed by atoms with Crippen LogP contribution >= 0.6 is 27.5 Å². The van der Waals surface area contributed by atoms with Gasteiger partial charge in [-0.2, -0.15) is 0 Å². The number of halogens is 2. The van der Waals surface area contributed by atoms with Gasteiger partial charge in [0, 0.05) is 18.8 Å². The lowest BCUT2D eigenvalue weighted by Gasteiger charge is -2.08. The molecule has 0 aliphatic rings. The number of hydrogen-bond donors (Lipinski definition) is 0. The number of nitrogens with zero attached hydrogens (tertiary/aromatic N) is 4. The maximum atomic E-state index is 5.93. The van der Waals surface area contributed by atoms with Crippen molar-refractivity contribution in [2.24, 2.45) is 0 Å². The van der Waals surface area contributed by atoms with E-state index < -0.39 is 0 Å². The van der Waals surface area contributed by atoms with Crippen molar-refractivity contribution in [3.8, 4) is 5.82 Å². The molecule has 0 unspecified atom stereocenters. The Morgan fingerprint density at radius 1 is 1.38 bits per heavy atom. The van der Waals surface area contributed by atoms with Crippen molar-refractivity contribution in [2.75, 3.05) is 0 Å². The Morgan fingerprint density at radius 2 is 2.19 bits per heavy atom. The molecule has 0 aliphatic heterocycles. The summed E-state index contributed by atoms with van der Waals surface area (Å²) in [5.41, 5.74) is 0. The molecule has 2 heterocycles. The summed E-state index contributed by atoms with van der Waals surface area (Å²) >= 11 is 9.31. The van der Waals surface area contributed by atoms with Crippen molar-refractivity contribution in [1.82, 2.24) is 19.5 Å². The first-order valence-electron chi connectivity index (χ1n) is 4.92. The Bertz CT molecular complexity index is 497. The first-order chi connectivity index (χ1) is 7.74. The molecular formula is C10H10BrClN4. The predicted molar refractivity (Wildman–Crippen MR) is 65.9 cm³/mol. The summed E-state index contributed by atoms with van der Waals surface area (Å²) in [6.07, 6.45) is 7.01. The SMILES string of the molecule is CCCc1nccn1-c1ncnc(Cl)c1Br. The summed E-state index contributed by atoms with van der Waals surface area (Å²) in [6, 6.07) is 0. The topological polar surface area (TPSA) is 43.6 Å². The molecule has 0 fully saturated rings. The van der Waals surface area contributed by atoms with E-state index in [2.05, 4.69) is 37.8 Å². The molecule has 2 aromatic heterocycles. The van der Waals surface area contributed by atoms with Gasteiger partial charge in [-0.05, 0) is 22.4 Å². The zero-order valence-corrected chi connectivity index (χ0v) is 11.0. The van der Waals surface area contributed by atoms with E-state index in [0.29, 0.717) is 9.63 Å². The second kappa shape index (κ2) is 4.93. The first-order valence-corrected chi connectivity index (χ1v) is 6.09. The predicted octanol–water partition coefficient (Wildman–Crippen LogP) is 3.03. The highest BCUT2D eigenvalue weighted by molar-refractivity contribution is 9.10. The molecule has 0 saturated heterocycles. The van der Waals surface area contributed by atoms with Crippen LogP contribution in [0.25, 0.3) is 5.82 Å². The molecule has 0 radical (unpaired) electrons. The molecule has 0 aromatic carbocycles. The van der Waals surface area contributed by atoms with Crippen LogP contribution in [0.15, 0.2) is 23.2 Å². The Kier molecular flexibility index (Phi) is 3.56. The molecule has 0 N–H and O–H groups in total. The Hall–Kier alpha value is -0.940. The van der Waals surface area contributed by atoms with Gasteiger partial charge in [0.05, 0.1) is 4.47 Å². The van der Waals surface area contributed by atoms with Gasteiger partial charge in [-0.25, -0.2) is 15.0 Å². The minimum Gasteiger partial charge on any atom is -0.287 e. The van der Waals surface area contributed by atoms with Gasteiger partial charge >= 0.3 is 0 Å². The lowest BCUT2D eigenvalue weighted by Crippen LogP contribution is -2.04. The third-order valence-corrected chi connectivity index (χ3v) is 3.39. The average Bonchev–Trinajstić information content (AvgIpc) is 2.71. The van der Waals surface area contributed by atoms with Crippen molar-refractivity contribution >= 4 is 27.5 Å². The molecule has 0 amide bonds. The van der Waals surface area contributed by atoms with Gasteiger partial charge < -0.3 is 0 Å². The van der Waals surface area contributed by atoms with Gasteiger partial charge in [0.15, 0.2) is 5.82 Å². The van der Waals surface area contributed by atoms with Crippen LogP contribution < -0.4 is 0 Å². The number of rotatable bonds is 3. The van der Waals surface area contributed by atoms with Crippen molar-refractivity contribution < 1.29 is 0 Å². The van der Waals surface area contributed by atoms with Crippen molar-refractivity contribution in [1.29, 1.82) is 0 Å². The molecule has 0 bridgehead atoms. The highest BCUT2D eigenvalue weighted by Gasteiger charge is 2.11. The van der Waals surface area contributed by atoms with Crippen LogP contribution in [-0.4, -0.2) is 19.5 Å². The van der Waals surface area contributed by atoms with Crippen molar-refractivity contribution in [3.05, 3.63) is 34.2 Å². The summed E-state index contributed by atoms with van der Waals surface area (Å²) in [6.45, 7) is 2.11. The molecule has 0 spiro atoms. The van der Waals surface area contributed by atoms with Gasteiger partial charge in [0.2, 0.25) is 0 Å². The molecule has 84 valence electrons. The van der Waals surface area contributed by atoms with Crippen LogP contribution in [-0.2, 0) is 6.42 Å². The van der Waals surface area contributed by atoms with Crippen LogP contribution in [0.4, 0.5) is 0 Å². The van der Waals surface area contributed by atoms with E-state index in [1.54, 1.807) is 6.20 Å². The Balaban J connectivity index is 2.50. The normalized spacial score (nSPS) is 10.7. The third-order valence-electron chi connectivity index (χ3n) is 2.15. The number of aromatic nitrogens is 4. The van der Waals surface area contributed by atoms with Gasteiger partial charge in [-0.3, -0.25) is 4.57 Å². The lowest BCUT2D eigenvalue weighted by atomic mass is 10.3. The van der Waals surface area contributed by atoms with E-state index in [4.69, 9.17) is 11.6 Å². The van der Waals surface area contributed by atoms with Crippen LogP contribution in [0.3, 0.4) is 0 Å². The van der Waals surface area contributed by atoms with Crippen LogP contribution in [0.1, 0.15) is 19.2 Å². The highest BCUT2D eigenvalue weighted by atomic mass is 79.9. The number of hydrogen-bond acceptors (Lipinski definition) is 3. The van der Waals surface area contributed by atoms with E-state index in [0.717, 1.165) is 24.5 Å². The van der Waals surface area contributed by atoms with Crippen LogP contribution in [0.2, 0.25) is 5.15 Å². The van der Waals surface area contributed by atoms with E-state index in [-0.39, 0.29) is 0 Å². The van der Waals surface area contributed by atoms with E-state index in [9.17, 15) is 0 Å². The lowest BCUT2D eigenvalue weighted by molar-refractivity contribution is 0.793. The zero-order chi connectivity index (χ0) is 11.5. The van der Waals surface area contributed by atoms with Crippen LogP contribution in [0, 0.1) is 0 Å². The molecule has 4 nitrogen and oxygen atoms in total. The molecule has 2 rings (SSSR count). The summed E-state index contributed by atoms with van der Waals surface area (Å²) in [4.78, 5) is 12.4. The van der Waals surface area contributed by atoms with E-state index >= 15 is 0 Å². The second-order valence-corrected chi connectivity index (χ2v) is 4.42. The fourth-order valence-corrected chi connectivity index (χ4v) is 1.97. The second-order valence-electron chi connectivity index (χ2n) is 3.27. The standard InChI is InChI=1S/C10H10BrClN4/c1-2-3-7-13-4-5-16(7)10-8(11)9(12)14-6-15-10/h4-6H,2-3H2,1H3. The van der Waals surface area contributed by atoms with Crippen molar-refractivity contribution in [2.45, 2.75) is 19.8 Å².